The van der Waals surface area contributed by atoms with Crippen molar-refractivity contribution in [1.29, 1.82) is 0 Å². The number of piperidine rings is 1. The van der Waals surface area contributed by atoms with E-state index in [-0.39, 0.29) is 11.3 Å². The van der Waals surface area contributed by atoms with Crippen LogP contribution in [-0.4, -0.2) is 103 Å². The Balaban J connectivity index is 1.38. The average molecular weight is 449 g/mol. The predicted molar refractivity (Wildman–Crippen MR) is 121 cm³/mol. The maximum atomic E-state index is 13.6. The van der Waals surface area contributed by atoms with Crippen LogP contribution in [0.4, 0.5) is 0 Å². The second-order valence-electron chi connectivity index (χ2n) is 9.53. The number of morpholine rings is 1. The lowest BCUT2D eigenvalue weighted by atomic mass is 9.61. The molecule has 1 saturated carbocycles. The summed E-state index contributed by atoms with van der Waals surface area (Å²) in [5.74, 6) is 1.59. The van der Waals surface area contributed by atoms with Crippen molar-refractivity contribution in [2.24, 2.45) is 11.3 Å². The summed E-state index contributed by atoms with van der Waals surface area (Å²) >= 11 is 0. The Morgan fingerprint density at radius 3 is 2.94 bits per heavy atom. The molecule has 1 N–H and O–H groups in total. The highest BCUT2D eigenvalue weighted by atomic mass is 16.5. The quantitative estimate of drug-likeness (QED) is 0.598. The number of carbonyl (C=O) groups is 1. The smallest absolute Gasteiger partial charge is 0.227 e. The van der Waals surface area contributed by atoms with Crippen molar-refractivity contribution in [3.05, 3.63) is 12.2 Å². The lowest BCUT2D eigenvalue weighted by Crippen LogP contribution is -2.61. The Morgan fingerprint density at radius 1 is 1.31 bits per heavy atom. The number of fused-ring (bicyclic) bond motifs is 1. The summed E-state index contributed by atoms with van der Waals surface area (Å²) in [5.41, 5.74) is -0.263. The van der Waals surface area contributed by atoms with Crippen LogP contribution in [0.1, 0.15) is 38.4 Å². The van der Waals surface area contributed by atoms with E-state index in [4.69, 9.17) is 9.47 Å². The molecule has 3 aliphatic rings. The van der Waals surface area contributed by atoms with Crippen molar-refractivity contribution in [3.8, 4) is 0 Å². The number of carbonyl (C=O) groups excluding carboxylic acids is 1. The van der Waals surface area contributed by atoms with E-state index in [1.54, 1.807) is 13.4 Å². The molecule has 1 aromatic heterocycles. The largest absolute Gasteiger partial charge is 0.383 e. The monoisotopic (exact) mass is 448 g/mol. The van der Waals surface area contributed by atoms with Crippen LogP contribution in [0, 0.1) is 11.3 Å². The molecular formula is C23H40N6O3. The molecule has 0 radical (unpaired) electrons. The molecule has 9 heteroatoms. The van der Waals surface area contributed by atoms with Crippen LogP contribution in [0.25, 0.3) is 0 Å². The highest BCUT2D eigenvalue weighted by Gasteiger charge is 2.52. The van der Waals surface area contributed by atoms with E-state index in [0.717, 1.165) is 84.0 Å². The third-order valence-electron chi connectivity index (χ3n) is 7.89. The highest BCUT2D eigenvalue weighted by molar-refractivity contribution is 5.83. The molecule has 0 aromatic carbocycles. The summed E-state index contributed by atoms with van der Waals surface area (Å²) in [7, 11) is 1.69. The van der Waals surface area contributed by atoms with E-state index in [9.17, 15) is 4.79 Å². The number of amides is 1. The summed E-state index contributed by atoms with van der Waals surface area (Å²) in [6, 6.07) is 0.595. The Labute approximate surface area is 191 Å². The third-order valence-corrected chi connectivity index (χ3v) is 7.89. The summed E-state index contributed by atoms with van der Waals surface area (Å²) in [5, 5.41) is 11.5. The first-order chi connectivity index (χ1) is 15.7. The maximum absolute atomic E-state index is 13.6. The minimum Gasteiger partial charge on any atom is -0.383 e. The predicted octanol–water partition coefficient (Wildman–Crippen LogP) is 0.796. The summed E-state index contributed by atoms with van der Waals surface area (Å²) < 4.78 is 12.7. The zero-order chi connectivity index (χ0) is 22.4. The fourth-order valence-corrected chi connectivity index (χ4v) is 5.95. The van der Waals surface area contributed by atoms with Gasteiger partial charge in [0, 0.05) is 52.3 Å². The van der Waals surface area contributed by atoms with Gasteiger partial charge in [0.2, 0.25) is 5.91 Å². The van der Waals surface area contributed by atoms with Gasteiger partial charge in [0.1, 0.15) is 12.2 Å². The maximum Gasteiger partial charge on any atom is 0.227 e. The van der Waals surface area contributed by atoms with Gasteiger partial charge in [0.15, 0.2) is 0 Å². The first-order valence-electron chi connectivity index (χ1n) is 12.3. The molecule has 3 heterocycles. The molecule has 9 nitrogen and oxygen atoms in total. The van der Waals surface area contributed by atoms with E-state index >= 15 is 0 Å². The highest BCUT2D eigenvalue weighted by Crippen LogP contribution is 2.47. The minimum atomic E-state index is -0.263. The molecule has 3 fully saturated rings. The second kappa shape index (κ2) is 11.0. The van der Waals surface area contributed by atoms with Gasteiger partial charge in [-0.15, -0.1) is 10.2 Å². The molecule has 1 amide bonds. The molecule has 0 bridgehead atoms. The molecule has 0 unspecified atom stereocenters. The second-order valence-corrected chi connectivity index (χ2v) is 9.53. The van der Waals surface area contributed by atoms with Crippen LogP contribution in [0.2, 0.25) is 0 Å². The zero-order valence-electron chi connectivity index (χ0n) is 19.8. The summed E-state index contributed by atoms with van der Waals surface area (Å²) in [6.07, 6.45) is 6.75. The van der Waals surface area contributed by atoms with E-state index in [0.29, 0.717) is 31.5 Å². The number of aromatic nitrogens is 3. The van der Waals surface area contributed by atoms with Gasteiger partial charge in [-0.3, -0.25) is 9.69 Å². The first kappa shape index (κ1) is 23.6. The van der Waals surface area contributed by atoms with Crippen LogP contribution in [0.15, 0.2) is 6.33 Å². The molecule has 1 aromatic rings. The SMILES string of the molecule is CCN1CC[C@@H]2C[C@@H](N3CCOCC3)CC[C@@]2(C(=O)NCCc2nncn2CCOC)C1. The third kappa shape index (κ3) is 5.16. The Hall–Kier alpha value is -1.55. The zero-order valence-corrected chi connectivity index (χ0v) is 19.8. The molecule has 4 rings (SSSR count). The number of ether oxygens (including phenoxy) is 2. The van der Waals surface area contributed by atoms with E-state index < -0.39 is 0 Å². The Bertz CT molecular complexity index is 737. The van der Waals surface area contributed by atoms with Gasteiger partial charge < -0.3 is 24.3 Å². The van der Waals surface area contributed by atoms with Crippen molar-refractivity contribution < 1.29 is 14.3 Å². The van der Waals surface area contributed by atoms with E-state index in [2.05, 4.69) is 32.2 Å². The number of likely N-dealkylation sites (tertiary alicyclic amines) is 1. The lowest BCUT2D eigenvalue weighted by molar-refractivity contribution is -0.144. The topological polar surface area (TPSA) is 84.8 Å². The molecule has 32 heavy (non-hydrogen) atoms. The van der Waals surface area contributed by atoms with Gasteiger partial charge in [-0.25, -0.2) is 0 Å². The average Bonchev–Trinajstić information content (AvgIpc) is 3.29. The fraction of sp³-hybridized carbons (Fsp3) is 0.870. The Morgan fingerprint density at radius 2 is 2.16 bits per heavy atom. The van der Waals surface area contributed by atoms with Gasteiger partial charge in [-0.2, -0.15) is 0 Å². The number of nitrogens with zero attached hydrogens (tertiary/aromatic N) is 5. The van der Waals surface area contributed by atoms with Gasteiger partial charge >= 0.3 is 0 Å². The van der Waals surface area contributed by atoms with Crippen molar-refractivity contribution in [2.75, 3.05) is 66.2 Å². The van der Waals surface area contributed by atoms with E-state index in [1.807, 2.05) is 4.57 Å². The van der Waals surface area contributed by atoms with Gasteiger partial charge in [-0.05, 0) is 44.7 Å². The number of rotatable bonds is 9. The van der Waals surface area contributed by atoms with Crippen LogP contribution in [-0.2, 0) is 27.2 Å². The van der Waals surface area contributed by atoms with Gasteiger partial charge in [-0.1, -0.05) is 6.92 Å². The van der Waals surface area contributed by atoms with Crippen molar-refractivity contribution in [2.45, 2.75) is 51.6 Å². The fourth-order valence-electron chi connectivity index (χ4n) is 5.95. The van der Waals surface area contributed by atoms with Gasteiger partial charge in [0.25, 0.3) is 0 Å². The number of hydrogen-bond acceptors (Lipinski definition) is 7. The lowest BCUT2D eigenvalue weighted by Gasteiger charge is -2.53. The minimum absolute atomic E-state index is 0.240. The summed E-state index contributed by atoms with van der Waals surface area (Å²) in [6.45, 7) is 10.9. The van der Waals surface area contributed by atoms with Crippen molar-refractivity contribution in [1.82, 2.24) is 29.9 Å². The van der Waals surface area contributed by atoms with Crippen molar-refractivity contribution in [3.63, 3.8) is 0 Å². The first-order valence-corrected chi connectivity index (χ1v) is 12.3. The normalized spacial score (nSPS) is 29.6. The molecule has 1 aliphatic carbocycles. The molecule has 2 aliphatic heterocycles. The number of methoxy groups -OCH3 is 1. The summed E-state index contributed by atoms with van der Waals surface area (Å²) in [4.78, 5) is 18.7. The van der Waals surface area contributed by atoms with Crippen LogP contribution in [0.3, 0.4) is 0 Å². The standard InChI is InChI=1S/C23H40N6O3/c1-3-27-9-6-19-16-20(28-11-14-32-15-12-28)4-7-23(19,17-27)22(30)24-8-5-21-26-25-18-29(21)10-13-31-2/h18-20H,3-17H2,1-2H3,(H,24,30)/t19-,20+,23-/m1/s1. The van der Waals surface area contributed by atoms with Crippen LogP contribution >= 0.6 is 0 Å². The van der Waals surface area contributed by atoms with Crippen molar-refractivity contribution >= 4 is 5.91 Å². The molecule has 2 saturated heterocycles. The molecule has 3 atom stereocenters. The number of nitrogens with one attached hydrogen (secondary N) is 1. The van der Waals surface area contributed by atoms with Crippen LogP contribution in [0.5, 0.6) is 0 Å². The Kier molecular flexibility index (Phi) is 8.15. The van der Waals surface area contributed by atoms with E-state index in [1.165, 1.54) is 0 Å². The van der Waals surface area contributed by atoms with Crippen LogP contribution < -0.4 is 5.32 Å². The molecular weight excluding hydrogens is 408 g/mol. The molecule has 180 valence electrons. The molecule has 0 spiro atoms. The van der Waals surface area contributed by atoms with Gasteiger partial charge in [0.05, 0.1) is 25.2 Å². The number of hydrogen-bond donors (Lipinski definition) is 1.